The van der Waals surface area contributed by atoms with Crippen molar-refractivity contribution in [2.75, 3.05) is 6.61 Å². The van der Waals surface area contributed by atoms with E-state index >= 15 is 0 Å². The molecule has 0 saturated carbocycles. The van der Waals surface area contributed by atoms with Crippen LogP contribution < -0.4 is 0 Å². The summed E-state index contributed by atoms with van der Waals surface area (Å²) in [4.78, 5) is 24.2. The molecule has 2 aromatic rings. The summed E-state index contributed by atoms with van der Waals surface area (Å²) >= 11 is 0. The minimum atomic E-state index is -0.474. The maximum atomic E-state index is 13.1. The molecule has 0 saturated heterocycles. The van der Waals surface area contributed by atoms with E-state index in [9.17, 15) is 14.0 Å². The summed E-state index contributed by atoms with van der Waals surface area (Å²) in [5, 5.41) is 0. The van der Waals surface area contributed by atoms with Crippen molar-refractivity contribution in [1.29, 1.82) is 0 Å². The number of benzene rings is 1. The predicted octanol–water partition coefficient (Wildman–Crippen LogP) is 4.47. The number of hydrogen-bond acceptors (Lipinski definition) is 3. The normalized spacial score (nSPS) is 11.5. The molecular weight excluding hydrogens is 333 g/mol. The van der Waals surface area contributed by atoms with Gasteiger partial charge in [0, 0.05) is 23.3 Å². The van der Waals surface area contributed by atoms with Gasteiger partial charge < -0.3 is 9.30 Å². The molecule has 0 unspecified atom stereocenters. The first-order chi connectivity index (χ1) is 12.2. The molecular formula is C21H26FNO3. The second kappa shape index (κ2) is 7.85. The smallest absolute Gasteiger partial charge is 0.340 e. The molecule has 1 aromatic carbocycles. The third-order valence-electron chi connectivity index (χ3n) is 4.41. The van der Waals surface area contributed by atoms with Gasteiger partial charge in [-0.25, -0.2) is 9.18 Å². The van der Waals surface area contributed by atoms with E-state index in [4.69, 9.17) is 4.74 Å². The molecule has 140 valence electrons. The van der Waals surface area contributed by atoms with Crippen LogP contribution in [0.4, 0.5) is 4.39 Å². The van der Waals surface area contributed by atoms with E-state index in [-0.39, 0.29) is 17.8 Å². The number of aryl methyl sites for hydroxylation is 1. The Balaban J connectivity index is 2.50. The summed E-state index contributed by atoms with van der Waals surface area (Å²) in [6.45, 7) is 10.4. The highest BCUT2D eigenvalue weighted by atomic mass is 19.1. The van der Waals surface area contributed by atoms with Crippen LogP contribution in [0.1, 0.15) is 65.4 Å². The Labute approximate surface area is 154 Å². The molecule has 0 atom stereocenters. The number of carbonyl (C=O) groups excluding carboxylic acids is 2. The molecule has 0 N–H and O–H groups in total. The van der Waals surface area contributed by atoms with Gasteiger partial charge in [-0.1, -0.05) is 32.9 Å². The van der Waals surface area contributed by atoms with E-state index in [0.717, 1.165) is 23.2 Å². The zero-order valence-electron chi connectivity index (χ0n) is 16.1. The van der Waals surface area contributed by atoms with Gasteiger partial charge in [0.05, 0.1) is 17.7 Å². The van der Waals surface area contributed by atoms with Gasteiger partial charge in [0.1, 0.15) is 5.82 Å². The van der Waals surface area contributed by atoms with E-state index in [2.05, 4.69) is 0 Å². The fourth-order valence-corrected chi connectivity index (χ4v) is 3.32. The van der Waals surface area contributed by atoms with Gasteiger partial charge in [-0.3, -0.25) is 4.79 Å². The van der Waals surface area contributed by atoms with Crippen molar-refractivity contribution in [2.24, 2.45) is 0 Å². The predicted molar refractivity (Wildman–Crippen MR) is 99.3 cm³/mol. The number of hydrogen-bond donors (Lipinski definition) is 0. The van der Waals surface area contributed by atoms with Gasteiger partial charge in [-0.05, 0) is 38.0 Å². The summed E-state index contributed by atoms with van der Waals surface area (Å²) in [5.41, 5.74) is 2.94. The summed E-state index contributed by atoms with van der Waals surface area (Å²) in [6.07, 6.45) is 1.41. The van der Waals surface area contributed by atoms with Crippen molar-refractivity contribution >= 4 is 12.3 Å². The molecule has 0 aliphatic rings. The topological polar surface area (TPSA) is 48.3 Å². The Kier molecular flexibility index (Phi) is 6.01. The van der Waals surface area contributed by atoms with E-state index in [1.807, 2.05) is 32.3 Å². The number of aldehydes is 1. The monoisotopic (exact) mass is 359 g/mol. The first kappa shape index (κ1) is 19.9. The van der Waals surface area contributed by atoms with Crippen molar-refractivity contribution in [3.05, 3.63) is 58.2 Å². The second-order valence-corrected chi connectivity index (χ2v) is 7.34. The van der Waals surface area contributed by atoms with Crippen LogP contribution in [0.2, 0.25) is 0 Å². The van der Waals surface area contributed by atoms with Crippen molar-refractivity contribution in [1.82, 2.24) is 4.57 Å². The first-order valence-corrected chi connectivity index (χ1v) is 8.81. The fraction of sp³-hybridized carbons (Fsp3) is 0.429. The largest absolute Gasteiger partial charge is 0.462 e. The molecule has 1 aromatic heterocycles. The SMILES string of the molecule is CCOC(=O)c1c(C=O)c(C(C)(C)C)n(CCc2ccc(F)cc2)c1C. The molecule has 0 aliphatic carbocycles. The number of ether oxygens (including phenoxy) is 1. The number of nitrogens with zero attached hydrogens (tertiary/aromatic N) is 1. The van der Waals surface area contributed by atoms with Gasteiger partial charge in [0.25, 0.3) is 0 Å². The molecule has 0 bridgehead atoms. The number of halogens is 1. The summed E-state index contributed by atoms with van der Waals surface area (Å²) in [5.74, 6) is -0.743. The van der Waals surface area contributed by atoms with Crippen LogP contribution in [0.3, 0.4) is 0 Å². The Morgan fingerprint density at radius 1 is 1.23 bits per heavy atom. The van der Waals surface area contributed by atoms with Crippen LogP contribution in [0.25, 0.3) is 0 Å². The maximum absolute atomic E-state index is 13.1. The minimum absolute atomic E-state index is 0.252. The zero-order valence-corrected chi connectivity index (χ0v) is 16.1. The lowest BCUT2D eigenvalue weighted by atomic mass is 9.88. The maximum Gasteiger partial charge on any atom is 0.340 e. The lowest BCUT2D eigenvalue weighted by Gasteiger charge is -2.23. The Hall–Kier alpha value is -2.43. The van der Waals surface area contributed by atoms with Gasteiger partial charge in [-0.2, -0.15) is 0 Å². The lowest BCUT2D eigenvalue weighted by Crippen LogP contribution is -2.21. The third-order valence-corrected chi connectivity index (χ3v) is 4.41. The van der Waals surface area contributed by atoms with E-state index in [1.165, 1.54) is 12.1 Å². The van der Waals surface area contributed by atoms with Gasteiger partial charge >= 0.3 is 5.97 Å². The van der Waals surface area contributed by atoms with E-state index < -0.39 is 5.97 Å². The highest BCUT2D eigenvalue weighted by molar-refractivity contribution is 6.00. The van der Waals surface area contributed by atoms with Crippen molar-refractivity contribution in [3.63, 3.8) is 0 Å². The molecule has 26 heavy (non-hydrogen) atoms. The number of carbonyl (C=O) groups is 2. The number of aromatic nitrogens is 1. The van der Waals surface area contributed by atoms with Crippen LogP contribution in [-0.4, -0.2) is 23.4 Å². The molecule has 0 aliphatic heterocycles. The zero-order chi connectivity index (χ0) is 19.5. The molecule has 0 spiro atoms. The molecule has 4 nitrogen and oxygen atoms in total. The molecule has 0 fully saturated rings. The van der Waals surface area contributed by atoms with Crippen LogP contribution in [0, 0.1) is 12.7 Å². The van der Waals surface area contributed by atoms with Crippen LogP contribution in [-0.2, 0) is 23.1 Å². The lowest BCUT2D eigenvalue weighted by molar-refractivity contribution is 0.0523. The Morgan fingerprint density at radius 3 is 2.35 bits per heavy atom. The quantitative estimate of drug-likeness (QED) is 0.565. The van der Waals surface area contributed by atoms with Crippen molar-refractivity contribution in [3.8, 4) is 0 Å². The van der Waals surface area contributed by atoms with Gasteiger partial charge in [-0.15, -0.1) is 0 Å². The summed E-state index contributed by atoms with van der Waals surface area (Å²) < 4.78 is 20.3. The van der Waals surface area contributed by atoms with Gasteiger partial charge in [0.15, 0.2) is 6.29 Å². The highest BCUT2D eigenvalue weighted by Gasteiger charge is 2.31. The minimum Gasteiger partial charge on any atom is -0.462 e. The van der Waals surface area contributed by atoms with Gasteiger partial charge in [0.2, 0.25) is 0 Å². The summed E-state index contributed by atoms with van der Waals surface area (Å²) in [7, 11) is 0. The molecule has 0 radical (unpaired) electrons. The van der Waals surface area contributed by atoms with Crippen molar-refractivity contribution in [2.45, 2.75) is 53.0 Å². The number of rotatable bonds is 6. The Morgan fingerprint density at radius 2 is 1.85 bits per heavy atom. The molecule has 0 amide bonds. The fourth-order valence-electron chi connectivity index (χ4n) is 3.32. The standard InChI is InChI=1S/C21H26FNO3/c1-6-26-20(25)18-14(2)23(19(17(18)13-24)21(3,4)5)12-11-15-7-9-16(22)10-8-15/h7-10,13H,6,11-12H2,1-5H3. The number of esters is 1. The van der Waals surface area contributed by atoms with E-state index in [1.54, 1.807) is 19.1 Å². The van der Waals surface area contributed by atoms with Crippen LogP contribution >= 0.6 is 0 Å². The second-order valence-electron chi connectivity index (χ2n) is 7.34. The van der Waals surface area contributed by atoms with Crippen molar-refractivity contribution < 1.29 is 18.7 Å². The third kappa shape index (κ3) is 4.03. The molecule has 5 heteroatoms. The summed E-state index contributed by atoms with van der Waals surface area (Å²) in [6, 6.07) is 6.36. The molecule has 1 heterocycles. The average Bonchev–Trinajstić information content (AvgIpc) is 2.86. The average molecular weight is 359 g/mol. The highest BCUT2D eigenvalue weighted by Crippen LogP contribution is 2.32. The van der Waals surface area contributed by atoms with Crippen LogP contribution in [0.5, 0.6) is 0 Å². The molecule has 2 rings (SSSR count). The van der Waals surface area contributed by atoms with Crippen LogP contribution in [0.15, 0.2) is 24.3 Å². The first-order valence-electron chi connectivity index (χ1n) is 8.81. The van der Waals surface area contributed by atoms with E-state index in [0.29, 0.717) is 24.1 Å². The Bertz CT molecular complexity index is 798.